The van der Waals surface area contributed by atoms with E-state index in [1.54, 1.807) is 13.1 Å². The van der Waals surface area contributed by atoms with E-state index in [1.807, 2.05) is 6.92 Å². The Labute approximate surface area is 112 Å². The fourth-order valence-electron chi connectivity index (χ4n) is 1.26. The molecule has 2 heterocycles. The van der Waals surface area contributed by atoms with Gasteiger partial charge in [0, 0.05) is 13.2 Å². The lowest BCUT2D eigenvalue weighted by Gasteiger charge is -2.04. The molecule has 2 N–H and O–H groups in total. The first kappa shape index (κ1) is 12.7. The van der Waals surface area contributed by atoms with E-state index in [0.29, 0.717) is 21.5 Å². The zero-order valence-electron chi connectivity index (χ0n) is 9.69. The molecule has 94 valence electrons. The Morgan fingerprint density at radius 3 is 2.78 bits per heavy atom. The van der Waals surface area contributed by atoms with E-state index in [0.717, 1.165) is 5.01 Å². The first-order valence-corrected chi connectivity index (χ1v) is 6.24. The molecule has 0 spiro atoms. The van der Waals surface area contributed by atoms with Gasteiger partial charge in [-0.3, -0.25) is 10.1 Å². The van der Waals surface area contributed by atoms with Crippen LogP contribution in [0.15, 0.2) is 12.3 Å². The SMILES string of the molecule is CNc1ncc(C(=O)Nc2nnc(C)s2)cc1Cl. The van der Waals surface area contributed by atoms with Crippen LogP contribution >= 0.6 is 22.9 Å². The number of rotatable bonds is 3. The van der Waals surface area contributed by atoms with Gasteiger partial charge in [0.15, 0.2) is 0 Å². The molecule has 2 aromatic rings. The number of carbonyl (C=O) groups is 1. The van der Waals surface area contributed by atoms with Crippen molar-refractivity contribution in [3.63, 3.8) is 0 Å². The summed E-state index contributed by atoms with van der Waals surface area (Å²) >= 11 is 7.25. The maximum absolute atomic E-state index is 11.9. The van der Waals surface area contributed by atoms with Crippen molar-refractivity contribution in [3.8, 4) is 0 Å². The minimum Gasteiger partial charge on any atom is -0.372 e. The molecule has 0 bridgehead atoms. The molecule has 0 fully saturated rings. The number of nitrogens with one attached hydrogen (secondary N) is 2. The predicted molar refractivity (Wildman–Crippen MR) is 71.4 cm³/mol. The van der Waals surface area contributed by atoms with Gasteiger partial charge >= 0.3 is 0 Å². The lowest BCUT2D eigenvalue weighted by atomic mass is 10.2. The summed E-state index contributed by atoms with van der Waals surface area (Å²) < 4.78 is 0. The van der Waals surface area contributed by atoms with Gasteiger partial charge in [-0.1, -0.05) is 22.9 Å². The maximum Gasteiger partial charge on any atom is 0.259 e. The summed E-state index contributed by atoms with van der Waals surface area (Å²) in [5, 5.41) is 14.7. The van der Waals surface area contributed by atoms with Crippen molar-refractivity contribution in [2.75, 3.05) is 17.7 Å². The van der Waals surface area contributed by atoms with E-state index in [9.17, 15) is 4.79 Å². The number of hydrogen-bond acceptors (Lipinski definition) is 6. The van der Waals surface area contributed by atoms with E-state index in [4.69, 9.17) is 11.6 Å². The zero-order valence-corrected chi connectivity index (χ0v) is 11.3. The number of aryl methyl sites for hydroxylation is 1. The molecule has 6 nitrogen and oxygen atoms in total. The van der Waals surface area contributed by atoms with Crippen molar-refractivity contribution in [1.82, 2.24) is 15.2 Å². The van der Waals surface area contributed by atoms with Crippen LogP contribution in [-0.2, 0) is 0 Å². The van der Waals surface area contributed by atoms with Crippen LogP contribution < -0.4 is 10.6 Å². The molecule has 1 amide bonds. The number of amides is 1. The lowest BCUT2D eigenvalue weighted by molar-refractivity contribution is 0.102. The van der Waals surface area contributed by atoms with Crippen LogP contribution in [0.25, 0.3) is 0 Å². The third-order valence-corrected chi connectivity index (χ3v) is 3.13. The van der Waals surface area contributed by atoms with Gasteiger partial charge < -0.3 is 5.32 Å². The van der Waals surface area contributed by atoms with Crippen LogP contribution in [0, 0.1) is 6.92 Å². The van der Waals surface area contributed by atoms with Crippen molar-refractivity contribution in [1.29, 1.82) is 0 Å². The monoisotopic (exact) mass is 283 g/mol. The van der Waals surface area contributed by atoms with Gasteiger partial charge in [-0.2, -0.15) is 0 Å². The summed E-state index contributed by atoms with van der Waals surface area (Å²) in [6.07, 6.45) is 1.45. The number of nitrogens with zero attached hydrogens (tertiary/aromatic N) is 3. The van der Waals surface area contributed by atoms with Crippen molar-refractivity contribution in [2.24, 2.45) is 0 Å². The van der Waals surface area contributed by atoms with Crippen LogP contribution in [0.2, 0.25) is 5.02 Å². The van der Waals surface area contributed by atoms with Gasteiger partial charge in [-0.05, 0) is 13.0 Å². The van der Waals surface area contributed by atoms with Gasteiger partial charge in [-0.15, -0.1) is 10.2 Å². The molecule has 0 saturated carbocycles. The number of carbonyl (C=O) groups excluding carboxylic acids is 1. The van der Waals surface area contributed by atoms with Crippen LogP contribution in [0.3, 0.4) is 0 Å². The smallest absolute Gasteiger partial charge is 0.259 e. The fraction of sp³-hybridized carbons (Fsp3) is 0.200. The Balaban J connectivity index is 2.16. The Bertz CT molecular complexity index is 585. The van der Waals surface area contributed by atoms with Crippen molar-refractivity contribution in [2.45, 2.75) is 6.92 Å². The van der Waals surface area contributed by atoms with E-state index in [-0.39, 0.29) is 5.91 Å². The largest absolute Gasteiger partial charge is 0.372 e. The van der Waals surface area contributed by atoms with Gasteiger partial charge in [0.1, 0.15) is 10.8 Å². The molecule has 0 aromatic carbocycles. The molecule has 0 saturated heterocycles. The summed E-state index contributed by atoms with van der Waals surface area (Å²) in [6.45, 7) is 1.81. The fourth-order valence-corrected chi connectivity index (χ4v) is 2.11. The van der Waals surface area contributed by atoms with Crippen LogP contribution in [0.4, 0.5) is 10.9 Å². The second-order valence-electron chi connectivity index (χ2n) is 3.38. The highest BCUT2D eigenvalue weighted by Crippen LogP contribution is 2.20. The highest BCUT2D eigenvalue weighted by molar-refractivity contribution is 7.15. The standard InChI is InChI=1S/C10H10ClN5OS/c1-5-15-16-10(18-5)14-9(17)6-3-7(11)8(12-2)13-4-6/h3-4H,1-2H3,(H,12,13)(H,14,16,17). The van der Waals surface area contributed by atoms with E-state index in [1.165, 1.54) is 17.5 Å². The maximum atomic E-state index is 11.9. The Morgan fingerprint density at radius 1 is 1.44 bits per heavy atom. The molecule has 0 aliphatic rings. The van der Waals surface area contributed by atoms with Crippen LogP contribution in [-0.4, -0.2) is 28.1 Å². The molecule has 8 heteroatoms. The van der Waals surface area contributed by atoms with Gasteiger partial charge in [0.25, 0.3) is 5.91 Å². The number of aromatic nitrogens is 3. The molecule has 2 rings (SSSR count). The Hall–Kier alpha value is -1.73. The summed E-state index contributed by atoms with van der Waals surface area (Å²) in [5.41, 5.74) is 0.367. The van der Waals surface area contributed by atoms with E-state index >= 15 is 0 Å². The summed E-state index contributed by atoms with van der Waals surface area (Å²) in [5.74, 6) is 0.211. The molecule has 0 unspecified atom stereocenters. The molecular weight excluding hydrogens is 274 g/mol. The van der Waals surface area contributed by atoms with Gasteiger partial charge in [0.2, 0.25) is 5.13 Å². The average molecular weight is 284 g/mol. The van der Waals surface area contributed by atoms with Crippen molar-refractivity contribution < 1.29 is 4.79 Å². The van der Waals surface area contributed by atoms with Crippen molar-refractivity contribution >= 4 is 39.8 Å². The highest BCUT2D eigenvalue weighted by atomic mass is 35.5. The minimum atomic E-state index is -0.316. The average Bonchev–Trinajstić information content (AvgIpc) is 2.74. The second-order valence-corrected chi connectivity index (χ2v) is 4.97. The molecule has 0 radical (unpaired) electrons. The number of halogens is 1. The van der Waals surface area contributed by atoms with Gasteiger partial charge in [-0.25, -0.2) is 4.98 Å². The number of pyridine rings is 1. The number of anilines is 2. The molecule has 18 heavy (non-hydrogen) atoms. The zero-order chi connectivity index (χ0) is 13.1. The predicted octanol–water partition coefficient (Wildman–Crippen LogP) is 2.19. The molecular formula is C10H10ClN5OS. The third kappa shape index (κ3) is 2.74. The normalized spacial score (nSPS) is 10.2. The van der Waals surface area contributed by atoms with Crippen LogP contribution in [0.1, 0.15) is 15.4 Å². The van der Waals surface area contributed by atoms with E-state index in [2.05, 4.69) is 25.8 Å². The summed E-state index contributed by atoms with van der Waals surface area (Å²) in [6, 6.07) is 1.55. The Morgan fingerprint density at radius 2 is 2.22 bits per heavy atom. The molecule has 2 aromatic heterocycles. The summed E-state index contributed by atoms with van der Waals surface area (Å²) in [4.78, 5) is 15.9. The highest BCUT2D eigenvalue weighted by Gasteiger charge is 2.11. The molecule has 0 aliphatic carbocycles. The number of hydrogen-bond donors (Lipinski definition) is 2. The third-order valence-electron chi connectivity index (χ3n) is 2.09. The van der Waals surface area contributed by atoms with Crippen molar-refractivity contribution in [3.05, 3.63) is 27.9 Å². The topological polar surface area (TPSA) is 79.8 Å². The summed E-state index contributed by atoms with van der Waals surface area (Å²) in [7, 11) is 1.71. The molecule has 0 aliphatic heterocycles. The van der Waals surface area contributed by atoms with E-state index < -0.39 is 0 Å². The first-order valence-electron chi connectivity index (χ1n) is 5.05. The first-order chi connectivity index (χ1) is 8.60. The second kappa shape index (κ2) is 5.28. The minimum absolute atomic E-state index is 0.316. The molecule has 0 atom stereocenters. The van der Waals surface area contributed by atoms with Gasteiger partial charge in [0.05, 0.1) is 10.6 Å². The quantitative estimate of drug-likeness (QED) is 0.902. The van der Waals surface area contributed by atoms with Crippen LogP contribution in [0.5, 0.6) is 0 Å². The Kier molecular flexibility index (Phi) is 3.73. The lowest BCUT2D eigenvalue weighted by Crippen LogP contribution is -2.12.